The molecule has 0 aliphatic carbocycles. The summed E-state index contributed by atoms with van der Waals surface area (Å²) in [5, 5.41) is 10.4. The van der Waals surface area contributed by atoms with Gasteiger partial charge in [0.2, 0.25) is 0 Å². The Labute approximate surface area is 234 Å². The lowest BCUT2D eigenvalue weighted by Gasteiger charge is -2.20. The molecule has 12 heteroatoms. The van der Waals surface area contributed by atoms with Gasteiger partial charge in [-0.3, -0.25) is 14.9 Å². The molecule has 4 rings (SSSR count). The van der Waals surface area contributed by atoms with E-state index >= 15 is 0 Å². The Morgan fingerprint density at radius 1 is 1.08 bits per heavy atom. The zero-order chi connectivity index (χ0) is 27.1. The molecule has 0 saturated carbocycles. The number of anilines is 1. The molecular formula is C26H30F2IN5O4. The summed E-state index contributed by atoms with van der Waals surface area (Å²) in [6.45, 7) is 3.28. The smallest absolute Gasteiger partial charge is 0.320 e. The Hall–Kier alpha value is -2.81. The average Bonchev–Trinajstić information content (AvgIpc) is 3.47. The van der Waals surface area contributed by atoms with E-state index in [9.17, 15) is 13.6 Å². The number of likely N-dealkylation sites (tertiary alicyclic amines) is 1. The van der Waals surface area contributed by atoms with Crippen LogP contribution in [0.25, 0.3) is 11.3 Å². The summed E-state index contributed by atoms with van der Waals surface area (Å²) in [5.74, 6) is -0.778. The van der Waals surface area contributed by atoms with E-state index in [0.29, 0.717) is 56.5 Å². The third kappa shape index (κ3) is 7.18. The summed E-state index contributed by atoms with van der Waals surface area (Å²) >= 11 is 1.82. The van der Waals surface area contributed by atoms with Crippen LogP contribution in [0, 0.1) is 11.6 Å². The third-order valence-electron chi connectivity index (χ3n) is 6.40. The zero-order valence-corrected chi connectivity index (χ0v) is 23.3. The molecule has 0 unspecified atom stereocenters. The van der Waals surface area contributed by atoms with Crippen molar-refractivity contribution < 1.29 is 26.1 Å². The van der Waals surface area contributed by atoms with Gasteiger partial charge in [0.05, 0.1) is 24.9 Å². The van der Waals surface area contributed by atoms with Gasteiger partial charge in [0.1, 0.15) is 41.2 Å². The molecule has 38 heavy (non-hydrogen) atoms. The van der Waals surface area contributed by atoms with E-state index in [0.717, 1.165) is 17.4 Å². The van der Waals surface area contributed by atoms with Crippen LogP contribution >= 0.6 is 23.0 Å². The van der Waals surface area contributed by atoms with Gasteiger partial charge >= 0.3 is 6.03 Å². The topological polar surface area (TPSA) is 89.9 Å². The second-order valence-electron chi connectivity index (χ2n) is 8.96. The molecule has 1 aliphatic rings. The Morgan fingerprint density at radius 2 is 1.87 bits per heavy atom. The molecule has 0 radical (unpaired) electrons. The number of hydrogen-bond acceptors (Lipinski definition) is 6. The molecule has 1 fully saturated rings. The van der Waals surface area contributed by atoms with Crippen LogP contribution in [0.1, 0.15) is 11.5 Å². The summed E-state index contributed by atoms with van der Waals surface area (Å²) < 4.78 is 44.8. The van der Waals surface area contributed by atoms with Crippen LogP contribution in [0.5, 0.6) is 5.75 Å². The molecule has 2 amide bonds. The molecule has 1 aliphatic heterocycles. The van der Waals surface area contributed by atoms with Gasteiger partial charge in [-0.05, 0) is 42.0 Å². The first-order valence-corrected chi connectivity index (χ1v) is 13.0. The maximum Gasteiger partial charge on any atom is 0.320 e. The van der Waals surface area contributed by atoms with Crippen molar-refractivity contribution in [2.75, 3.05) is 51.9 Å². The fourth-order valence-electron chi connectivity index (χ4n) is 4.47. The molecule has 1 aromatic heterocycles. The van der Waals surface area contributed by atoms with E-state index in [2.05, 4.69) is 20.6 Å². The molecule has 0 bridgehead atoms. The van der Waals surface area contributed by atoms with Crippen LogP contribution in [-0.4, -0.2) is 73.3 Å². The molecule has 2 heterocycles. The van der Waals surface area contributed by atoms with E-state index in [4.69, 9.17) is 12.5 Å². The Morgan fingerprint density at radius 3 is 2.58 bits per heavy atom. The monoisotopic (exact) mass is 641 g/mol. The highest BCUT2D eigenvalue weighted by atomic mass is 127. The molecule has 204 valence electrons. The van der Waals surface area contributed by atoms with Crippen molar-refractivity contribution in [2.45, 2.75) is 12.0 Å². The summed E-state index contributed by atoms with van der Waals surface area (Å²) in [6.07, 6.45) is 0. The maximum absolute atomic E-state index is 14.0. The summed E-state index contributed by atoms with van der Waals surface area (Å²) in [7, 11) is 3.37. The van der Waals surface area contributed by atoms with E-state index in [-0.39, 0.29) is 12.0 Å². The van der Waals surface area contributed by atoms with Gasteiger partial charge in [-0.2, -0.15) is 5.10 Å². The molecule has 1 saturated heterocycles. The highest BCUT2D eigenvalue weighted by Crippen LogP contribution is 2.29. The molecule has 9 nitrogen and oxygen atoms in total. The van der Waals surface area contributed by atoms with Gasteiger partial charge in [-0.15, -0.1) is 0 Å². The first-order valence-electron chi connectivity index (χ1n) is 12.1. The number of nitrogens with one attached hydrogen (secondary N) is 2. The van der Waals surface area contributed by atoms with Crippen LogP contribution in [0.15, 0.2) is 48.5 Å². The van der Waals surface area contributed by atoms with Crippen LogP contribution < -0.4 is 15.4 Å². The highest BCUT2D eigenvalue weighted by Gasteiger charge is 2.35. The quantitative estimate of drug-likeness (QED) is 0.239. The normalized spacial score (nSPS) is 17.5. The van der Waals surface area contributed by atoms with Crippen molar-refractivity contribution in [3.05, 3.63) is 65.7 Å². The largest absolute Gasteiger partial charge is 0.491 e. The van der Waals surface area contributed by atoms with Crippen molar-refractivity contribution in [3.8, 4) is 17.0 Å². The van der Waals surface area contributed by atoms with Crippen molar-refractivity contribution in [3.63, 3.8) is 0 Å². The number of methoxy groups -OCH3 is 1. The Balaban J connectivity index is 1.42. The van der Waals surface area contributed by atoms with Gasteiger partial charge in [-0.25, -0.2) is 13.6 Å². The number of rotatable bonds is 11. The maximum atomic E-state index is 14.0. The summed E-state index contributed by atoms with van der Waals surface area (Å²) in [4.78, 5) is 15.1. The zero-order valence-electron chi connectivity index (χ0n) is 21.1. The van der Waals surface area contributed by atoms with Gasteiger partial charge in [0.25, 0.3) is 0 Å². The second-order valence-corrected chi connectivity index (χ2v) is 9.58. The van der Waals surface area contributed by atoms with E-state index in [1.165, 1.54) is 6.07 Å². The van der Waals surface area contributed by atoms with Gasteiger partial charge < -0.3 is 17.9 Å². The molecule has 0 spiro atoms. The van der Waals surface area contributed by atoms with Crippen molar-refractivity contribution in [2.24, 2.45) is 7.05 Å². The second kappa shape index (κ2) is 13.3. The van der Waals surface area contributed by atoms with Crippen LogP contribution in [0.3, 0.4) is 0 Å². The fourth-order valence-corrected chi connectivity index (χ4v) is 4.65. The van der Waals surface area contributed by atoms with E-state index < -0.39 is 17.7 Å². The van der Waals surface area contributed by atoms with Crippen LogP contribution in [0.4, 0.5) is 19.4 Å². The fraction of sp³-hybridized carbons (Fsp3) is 0.385. The minimum atomic E-state index is -0.905. The minimum absolute atomic E-state index is 0.209. The summed E-state index contributed by atoms with van der Waals surface area (Å²) in [6, 6.07) is 12.4. The standard InChI is InChI=1S/C26H30F2IN5O4/c1-33-25(14-23(32-33)17-3-6-19(7-4-17)37-11-12-38-29)31-26(35)30-24-16-34(9-10-36-2)15-20(24)18-5-8-21(27)22(28)13-18/h3-8,13-14,20,24H,9-12,15-16H2,1-2H3,(H2,30,31,35)/t20-,24+/m0/s1. The van der Waals surface area contributed by atoms with E-state index in [1.54, 1.807) is 31.0 Å². The first kappa shape index (κ1) is 28.2. The molecule has 2 atom stereocenters. The number of urea groups is 1. The number of carbonyl (C=O) groups excluding carboxylic acids is 1. The van der Waals surface area contributed by atoms with Crippen LogP contribution in [0.2, 0.25) is 0 Å². The molecule has 3 aromatic rings. The third-order valence-corrected chi connectivity index (χ3v) is 6.84. The minimum Gasteiger partial charge on any atom is -0.491 e. The highest BCUT2D eigenvalue weighted by molar-refractivity contribution is 14.1. The van der Waals surface area contributed by atoms with Crippen molar-refractivity contribution in [1.29, 1.82) is 0 Å². The van der Waals surface area contributed by atoms with Gasteiger partial charge in [0.15, 0.2) is 11.6 Å². The SMILES string of the molecule is COCCN1C[C@@H](NC(=O)Nc2cc(-c3ccc(OCCOI)cc3)nn2C)[C@H](c2ccc(F)c(F)c2)C1. The van der Waals surface area contributed by atoms with Gasteiger partial charge in [0, 0.05) is 51.3 Å². The van der Waals surface area contributed by atoms with Gasteiger partial charge in [-0.1, -0.05) is 6.07 Å². The number of halogens is 3. The first-order chi connectivity index (χ1) is 18.4. The Bertz CT molecular complexity index is 1230. The Kier molecular flexibility index (Phi) is 9.88. The lowest BCUT2D eigenvalue weighted by Crippen LogP contribution is -2.42. The number of amides is 2. The number of aromatic nitrogens is 2. The predicted octanol–water partition coefficient (Wildman–Crippen LogP) is 4.35. The molecular weight excluding hydrogens is 611 g/mol. The number of nitrogens with zero attached hydrogens (tertiary/aromatic N) is 3. The van der Waals surface area contributed by atoms with Crippen LogP contribution in [-0.2, 0) is 14.9 Å². The van der Waals surface area contributed by atoms with Crippen molar-refractivity contribution in [1.82, 2.24) is 20.0 Å². The summed E-state index contributed by atoms with van der Waals surface area (Å²) in [5.41, 5.74) is 2.19. The predicted molar refractivity (Wildman–Crippen MR) is 147 cm³/mol. The number of hydrogen-bond donors (Lipinski definition) is 2. The number of carbonyl (C=O) groups is 1. The van der Waals surface area contributed by atoms with E-state index in [1.807, 2.05) is 47.3 Å². The van der Waals surface area contributed by atoms with Crippen molar-refractivity contribution >= 4 is 34.9 Å². The lowest BCUT2D eigenvalue weighted by atomic mass is 9.94. The number of ether oxygens (including phenoxy) is 2. The number of aryl methyl sites for hydroxylation is 1. The molecule has 2 N–H and O–H groups in total. The molecule has 2 aromatic carbocycles. The average molecular weight is 641 g/mol. The lowest BCUT2D eigenvalue weighted by molar-refractivity contribution is 0.159. The number of benzene rings is 2.